The van der Waals surface area contributed by atoms with E-state index in [1.807, 2.05) is 12.1 Å². The van der Waals surface area contributed by atoms with Crippen molar-refractivity contribution >= 4 is 39.4 Å². The Bertz CT molecular complexity index is 506. The molecule has 4 nitrogen and oxygen atoms in total. The molecule has 0 saturated heterocycles. The van der Waals surface area contributed by atoms with Crippen LogP contribution in [-0.2, 0) is 9.53 Å². The third-order valence-corrected chi connectivity index (χ3v) is 3.92. The van der Waals surface area contributed by atoms with Gasteiger partial charge in [0.05, 0.1) is 5.75 Å². The van der Waals surface area contributed by atoms with Gasteiger partial charge < -0.3 is 4.74 Å². The first kappa shape index (κ1) is 12.1. The standard InChI is InChI=1S/C11H10N2O2S2/c1-2-6-15-9(14)7-16-11-13-8-4-3-5-12-10(8)17-11/h2-5H,1,6-7H2. The van der Waals surface area contributed by atoms with Gasteiger partial charge in [0.1, 0.15) is 17.0 Å². The highest BCUT2D eigenvalue weighted by Crippen LogP contribution is 2.27. The van der Waals surface area contributed by atoms with Crippen LogP contribution in [0.25, 0.3) is 10.3 Å². The molecule has 2 aromatic heterocycles. The number of ether oxygens (including phenoxy) is 1. The van der Waals surface area contributed by atoms with Gasteiger partial charge in [-0.15, -0.1) is 0 Å². The zero-order chi connectivity index (χ0) is 12.1. The highest BCUT2D eigenvalue weighted by molar-refractivity contribution is 8.01. The molecular weight excluding hydrogens is 256 g/mol. The predicted octanol–water partition coefficient (Wildman–Crippen LogP) is 2.51. The molecule has 0 spiro atoms. The lowest BCUT2D eigenvalue weighted by atomic mass is 10.5. The topological polar surface area (TPSA) is 52.1 Å². The van der Waals surface area contributed by atoms with E-state index in [4.69, 9.17) is 4.74 Å². The number of rotatable bonds is 5. The highest BCUT2D eigenvalue weighted by atomic mass is 32.2. The van der Waals surface area contributed by atoms with Crippen LogP contribution in [0.4, 0.5) is 0 Å². The van der Waals surface area contributed by atoms with Gasteiger partial charge in [-0.2, -0.15) is 0 Å². The fourth-order valence-electron chi connectivity index (χ4n) is 1.13. The number of thiazole rings is 1. The summed E-state index contributed by atoms with van der Waals surface area (Å²) in [4.78, 5) is 20.7. The lowest BCUT2D eigenvalue weighted by Crippen LogP contribution is -2.06. The van der Waals surface area contributed by atoms with Crippen molar-refractivity contribution in [3.05, 3.63) is 31.0 Å². The Labute approximate surface area is 107 Å². The summed E-state index contributed by atoms with van der Waals surface area (Å²) in [7, 11) is 0. The van der Waals surface area contributed by atoms with Crippen LogP contribution in [0.1, 0.15) is 0 Å². The van der Waals surface area contributed by atoms with Gasteiger partial charge in [0, 0.05) is 6.20 Å². The maximum absolute atomic E-state index is 11.3. The SMILES string of the molecule is C=CCOC(=O)CSc1nc2cccnc2s1. The number of pyridine rings is 1. The molecule has 0 unspecified atom stereocenters. The number of hydrogen-bond donors (Lipinski definition) is 0. The van der Waals surface area contributed by atoms with E-state index in [1.54, 1.807) is 12.3 Å². The summed E-state index contributed by atoms with van der Waals surface area (Å²) in [5.74, 6) is -0.00433. The average molecular weight is 266 g/mol. The number of fused-ring (bicyclic) bond motifs is 1. The van der Waals surface area contributed by atoms with Crippen molar-refractivity contribution in [3.63, 3.8) is 0 Å². The third-order valence-electron chi connectivity index (χ3n) is 1.82. The number of carbonyl (C=O) groups is 1. The minimum absolute atomic E-state index is 0.251. The molecule has 6 heteroatoms. The van der Waals surface area contributed by atoms with Crippen molar-refractivity contribution in [2.45, 2.75) is 4.34 Å². The van der Waals surface area contributed by atoms with E-state index in [0.717, 1.165) is 14.7 Å². The van der Waals surface area contributed by atoms with Crippen molar-refractivity contribution in [3.8, 4) is 0 Å². The zero-order valence-electron chi connectivity index (χ0n) is 8.96. The zero-order valence-corrected chi connectivity index (χ0v) is 10.6. The normalized spacial score (nSPS) is 10.4. The molecular formula is C11H10N2O2S2. The summed E-state index contributed by atoms with van der Waals surface area (Å²) in [5.41, 5.74) is 0.861. The number of thioether (sulfide) groups is 1. The molecule has 0 aliphatic carbocycles. The second-order valence-electron chi connectivity index (χ2n) is 3.07. The van der Waals surface area contributed by atoms with Crippen LogP contribution in [-0.4, -0.2) is 28.3 Å². The second-order valence-corrected chi connectivity index (χ2v) is 5.27. The maximum atomic E-state index is 11.3. The number of nitrogens with zero attached hydrogens (tertiary/aromatic N) is 2. The summed E-state index contributed by atoms with van der Waals surface area (Å²) < 4.78 is 5.70. The van der Waals surface area contributed by atoms with Crippen molar-refractivity contribution < 1.29 is 9.53 Å². The monoisotopic (exact) mass is 266 g/mol. The van der Waals surface area contributed by atoms with Gasteiger partial charge in [0.2, 0.25) is 0 Å². The first-order valence-corrected chi connectivity index (χ1v) is 6.70. The highest BCUT2D eigenvalue weighted by Gasteiger charge is 2.08. The number of esters is 1. The molecule has 2 heterocycles. The molecule has 88 valence electrons. The molecule has 0 saturated carbocycles. The maximum Gasteiger partial charge on any atom is 0.316 e. The lowest BCUT2D eigenvalue weighted by molar-refractivity contribution is -0.139. The van der Waals surface area contributed by atoms with Crippen LogP contribution < -0.4 is 0 Å². The van der Waals surface area contributed by atoms with Crippen molar-refractivity contribution in [2.75, 3.05) is 12.4 Å². The Hall–Kier alpha value is -1.40. The summed E-state index contributed by atoms with van der Waals surface area (Å²) in [6.07, 6.45) is 3.28. The molecule has 0 aliphatic rings. The summed E-state index contributed by atoms with van der Waals surface area (Å²) in [6, 6.07) is 3.74. The molecule has 0 atom stereocenters. The molecule has 0 amide bonds. The minimum atomic E-state index is -0.262. The quantitative estimate of drug-likeness (QED) is 0.473. The van der Waals surface area contributed by atoms with Crippen LogP contribution in [0.2, 0.25) is 0 Å². The first-order chi connectivity index (χ1) is 8.29. The molecule has 0 aliphatic heterocycles. The van der Waals surface area contributed by atoms with Crippen LogP contribution >= 0.6 is 23.1 Å². The van der Waals surface area contributed by atoms with Gasteiger partial charge in [-0.1, -0.05) is 35.8 Å². The summed E-state index contributed by atoms with van der Waals surface area (Å²) in [5, 5.41) is 0. The van der Waals surface area contributed by atoms with Crippen molar-refractivity contribution in [1.82, 2.24) is 9.97 Å². The molecule has 0 N–H and O–H groups in total. The molecule has 17 heavy (non-hydrogen) atoms. The average Bonchev–Trinajstić information content (AvgIpc) is 2.76. The van der Waals surface area contributed by atoms with E-state index in [9.17, 15) is 4.79 Å². The molecule has 0 radical (unpaired) electrons. The van der Waals surface area contributed by atoms with E-state index in [1.165, 1.54) is 23.1 Å². The van der Waals surface area contributed by atoms with Crippen LogP contribution in [0, 0.1) is 0 Å². The van der Waals surface area contributed by atoms with E-state index in [2.05, 4.69) is 16.5 Å². The van der Waals surface area contributed by atoms with Gasteiger partial charge in [-0.05, 0) is 12.1 Å². The van der Waals surface area contributed by atoms with Crippen molar-refractivity contribution in [2.24, 2.45) is 0 Å². The molecule has 0 fully saturated rings. The molecule has 2 rings (SSSR count). The summed E-state index contributed by atoms with van der Waals surface area (Å²) in [6.45, 7) is 3.73. The molecule has 0 bridgehead atoms. The van der Waals surface area contributed by atoms with E-state index in [-0.39, 0.29) is 18.3 Å². The first-order valence-electron chi connectivity index (χ1n) is 4.90. The molecule has 2 aromatic rings. The van der Waals surface area contributed by atoms with Crippen LogP contribution in [0.3, 0.4) is 0 Å². The fraction of sp³-hybridized carbons (Fsp3) is 0.182. The minimum Gasteiger partial charge on any atom is -0.461 e. The van der Waals surface area contributed by atoms with Crippen LogP contribution in [0.5, 0.6) is 0 Å². The van der Waals surface area contributed by atoms with E-state index >= 15 is 0 Å². The Morgan fingerprint density at radius 2 is 2.53 bits per heavy atom. The van der Waals surface area contributed by atoms with Gasteiger partial charge in [-0.3, -0.25) is 4.79 Å². The molecule has 0 aromatic carbocycles. The van der Waals surface area contributed by atoms with E-state index < -0.39 is 0 Å². The van der Waals surface area contributed by atoms with Gasteiger partial charge in [0.25, 0.3) is 0 Å². The lowest BCUT2D eigenvalue weighted by Gasteiger charge is -1.98. The second kappa shape index (κ2) is 5.79. The Morgan fingerprint density at radius 3 is 3.29 bits per heavy atom. The Balaban J connectivity index is 1.94. The van der Waals surface area contributed by atoms with Crippen LogP contribution in [0.15, 0.2) is 35.3 Å². The van der Waals surface area contributed by atoms with Crippen molar-refractivity contribution in [1.29, 1.82) is 0 Å². The van der Waals surface area contributed by atoms with E-state index in [0.29, 0.717) is 0 Å². The predicted molar refractivity (Wildman–Crippen MR) is 69.3 cm³/mol. The third kappa shape index (κ3) is 3.28. The number of carbonyl (C=O) groups excluding carboxylic acids is 1. The van der Waals surface area contributed by atoms with Gasteiger partial charge in [-0.25, -0.2) is 9.97 Å². The smallest absolute Gasteiger partial charge is 0.316 e. The number of aromatic nitrogens is 2. The Morgan fingerprint density at radius 1 is 1.65 bits per heavy atom. The Kier molecular flexibility index (Phi) is 4.11. The fourth-order valence-corrected chi connectivity index (χ4v) is 2.90. The number of hydrogen-bond acceptors (Lipinski definition) is 6. The van der Waals surface area contributed by atoms with Gasteiger partial charge >= 0.3 is 5.97 Å². The van der Waals surface area contributed by atoms with Gasteiger partial charge in [0.15, 0.2) is 4.34 Å². The summed E-state index contributed by atoms with van der Waals surface area (Å²) >= 11 is 2.84. The largest absolute Gasteiger partial charge is 0.461 e.